The van der Waals surface area contributed by atoms with E-state index in [0.717, 1.165) is 11.7 Å². The van der Waals surface area contributed by atoms with E-state index in [1.807, 2.05) is 7.05 Å². The first kappa shape index (κ1) is 12.9. The molecule has 0 bridgehead atoms. The van der Waals surface area contributed by atoms with Crippen molar-refractivity contribution in [3.8, 4) is 0 Å². The van der Waals surface area contributed by atoms with Crippen LogP contribution in [-0.2, 0) is 0 Å². The summed E-state index contributed by atoms with van der Waals surface area (Å²) in [5, 5.41) is 8.84. The van der Waals surface area contributed by atoms with Crippen molar-refractivity contribution in [2.24, 2.45) is 5.92 Å². The van der Waals surface area contributed by atoms with Crippen LogP contribution in [0.15, 0.2) is 18.3 Å². The molecule has 1 aromatic rings. The topological polar surface area (TPSA) is 53.4 Å². The van der Waals surface area contributed by atoms with Gasteiger partial charge in [-0.25, -0.2) is 9.78 Å². The summed E-state index contributed by atoms with van der Waals surface area (Å²) in [7, 11) is 2.05. The monoisotopic (exact) mass is 248 g/mol. The molecule has 0 saturated heterocycles. The zero-order valence-corrected chi connectivity index (χ0v) is 11.0. The van der Waals surface area contributed by atoms with Crippen LogP contribution >= 0.6 is 0 Å². The molecule has 2 atom stereocenters. The number of carboxylic acid groups (broad SMARTS) is 1. The maximum absolute atomic E-state index is 10.8. The van der Waals surface area contributed by atoms with Gasteiger partial charge in [0.1, 0.15) is 5.82 Å². The Balaban J connectivity index is 2.08. The fraction of sp³-hybridized carbons (Fsp3) is 0.571. The van der Waals surface area contributed by atoms with Crippen molar-refractivity contribution in [3.05, 3.63) is 23.9 Å². The first-order chi connectivity index (χ1) is 8.58. The van der Waals surface area contributed by atoms with Crippen molar-refractivity contribution in [2.75, 3.05) is 11.9 Å². The lowest BCUT2D eigenvalue weighted by Crippen LogP contribution is -2.36. The molecule has 2 unspecified atom stereocenters. The van der Waals surface area contributed by atoms with Crippen LogP contribution in [0.2, 0.25) is 0 Å². The minimum atomic E-state index is -0.928. The average molecular weight is 248 g/mol. The molecular weight excluding hydrogens is 228 g/mol. The molecule has 0 aromatic carbocycles. The van der Waals surface area contributed by atoms with Crippen molar-refractivity contribution >= 4 is 11.8 Å². The molecular formula is C14H20N2O2. The Hall–Kier alpha value is -1.58. The second-order valence-electron chi connectivity index (χ2n) is 5.25. The second kappa shape index (κ2) is 5.38. The molecule has 1 heterocycles. The highest BCUT2D eigenvalue weighted by molar-refractivity contribution is 5.87. The first-order valence-electron chi connectivity index (χ1n) is 6.50. The molecule has 0 radical (unpaired) electrons. The summed E-state index contributed by atoms with van der Waals surface area (Å²) in [6.45, 7) is 2.29. The van der Waals surface area contributed by atoms with E-state index in [1.165, 1.54) is 31.9 Å². The van der Waals surface area contributed by atoms with Crippen LogP contribution in [0.5, 0.6) is 0 Å². The zero-order valence-electron chi connectivity index (χ0n) is 11.0. The third-order valence-electron chi connectivity index (χ3n) is 3.81. The van der Waals surface area contributed by atoms with Gasteiger partial charge in [0.15, 0.2) is 0 Å². The molecule has 2 rings (SSSR count). The quantitative estimate of drug-likeness (QED) is 0.893. The Bertz CT molecular complexity index is 416. The fourth-order valence-corrected chi connectivity index (χ4v) is 2.66. The number of hydrogen-bond donors (Lipinski definition) is 1. The van der Waals surface area contributed by atoms with Crippen LogP contribution in [0.25, 0.3) is 0 Å². The van der Waals surface area contributed by atoms with Gasteiger partial charge in [-0.15, -0.1) is 0 Å². The molecule has 98 valence electrons. The lowest BCUT2D eigenvalue weighted by atomic mass is 9.86. The first-order valence-corrected chi connectivity index (χ1v) is 6.50. The largest absolute Gasteiger partial charge is 0.478 e. The molecule has 0 aliphatic heterocycles. The van der Waals surface area contributed by atoms with Crippen molar-refractivity contribution in [3.63, 3.8) is 0 Å². The van der Waals surface area contributed by atoms with E-state index >= 15 is 0 Å². The van der Waals surface area contributed by atoms with Crippen molar-refractivity contribution in [1.29, 1.82) is 0 Å². The summed E-state index contributed by atoms with van der Waals surface area (Å²) < 4.78 is 0. The Kier molecular flexibility index (Phi) is 3.84. The molecule has 1 aromatic heterocycles. The van der Waals surface area contributed by atoms with Crippen molar-refractivity contribution < 1.29 is 9.90 Å². The van der Waals surface area contributed by atoms with Gasteiger partial charge < -0.3 is 10.0 Å². The van der Waals surface area contributed by atoms with Gasteiger partial charge in [-0.05, 0) is 30.9 Å². The molecule has 4 heteroatoms. The highest BCUT2D eigenvalue weighted by Crippen LogP contribution is 2.28. The van der Waals surface area contributed by atoms with Crippen LogP contribution in [0, 0.1) is 5.92 Å². The van der Waals surface area contributed by atoms with E-state index in [9.17, 15) is 4.79 Å². The number of carboxylic acids is 1. The van der Waals surface area contributed by atoms with E-state index in [0.29, 0.717) is 6.04 Å². The number of nitrogens with zero attached hydrogens (tertiary/aromatic N) is 2. The Morgan fingerprint density at radius 3 is 2.78 bits per heavy atom. The van der Waals surface area contributed by atoms with E-state index in [1.54, 1.807) is 12.1 Å². The fourth-order valence-electron chi connectivity index (χ4n) is 2.66. The summed E-state index contributed by atoms with van der Waals surface area (Å²) in [6.07, 6.45) is 6.40. The normalized spacial score (nSPS) is 23.7. The third kappa shape index (κ3) is 2.81. The Morgan fingerprint density at radius 1 is 1.44 bits per heavy atom. The molecule has 0 spiro atoms. The number of hydrogen-bond acceptors (Lipinski definition) is 3. The maximum Gasteiger partial charge on any atom is 0.337 e. The summed E-state index contributed by atoms with van der Waals surface area (Å²) in [5.41, 5.74) is 0.240. The standard InChI is InChI=1S/C14H20N2O2/c1-10-4-3-5-12(8-10)16(2)13-7-6-11(9-15-13)14(17)18/h6-7,9-10,12H,3-5,8H2,1-2H3,(H,17,18). The lowest BCUT2D eigenvalue weighted by molar-refractivity contribution is 0.0696. The molecule has 1 N–H and O–H groups in total. The van der Waals surface area contributed by atoms with E-state index in [4.69, 9.17) is 5.11 Å². The SMILES string of the molecule is CC1CCCC(N(C)c2ccc(C(=O)O)cn2)C1. The van der Waals surface area contributed by atoms with Gasteiger partial charge in [-0.1, -0.05) is 19.8 Å². The smallest absolute Gasteiger partial charge is 0.337 e. The molecule has 1 aliphatic carbocycles. The molecule has 18 heavy (non-hydrogen) atoms. The predicted octanol–water partition coefficient (Wildman–Crippen LogP) is 2.79. The highest BCUT2D eigenvalue weighted by atomic mass is 16.4. The van der Waals surface area contributed by atoms with Crippen LogP contribution < -0.4 is 4.90 Å². The number of aromatic carboxylic acids is 1. The van der Waals surface area contributed by atoms with Gasteiger partial charge in [0.25, 0.3) is 0 Å². The van der Waals surface area contributed by atoms with E-state index in [2.05, 4.69) is 16.8 Å². The van der Waals surface area contributed by atoms with Crippen LogP contribution in [0.1, 0.15) is 43.0 Å². The summed E-state index contributed by atoms with van der Waals surface area (Å²) in [6, 6.07) is 3.94. The molecule has 0 amide bonds. The molecule has 1 aliphatic rings. The number of pyridine rings is 1. The number of anilines is 1. The third-order valence-corrected chi connectivity index (χ3v) is 3.81. The maximum atomic E-state index is 10.8. The van der Waals surface area contributed by atoms with Gasteiger partial charge in [0.05, 0.1) is 5.56 Å². The number of aromatic nitrogens is 1. The van der Waals surface area contributed by atoms with Gasteiger partial charge in [0.2, 0.25) is 0 Å². The Labute approximate surface area is 108 Å². The second-order valence-corrected chi connectivity index (χ2v) is 5.25. The van der Waals surface area contributed by atoms with Crippen LogP contribution in [-0.4, -0.2) is 29.1 Å². The van der Waals surface area contributed by atoms with Gasteiger partial charge in [-0.3, -0.25) is 0 Å². The van der Waals surface area contributed by atoms with Crippen molar-refractivity contribution in [1.82, 2.24) is 4.98 Å². The van der Waals surface area contributed by atoms with Gasteiger partial charge >= 0.3 is 5.97 Å². The summed E-state index contributed by atoms with van der Waals surface area (Å²) in [5.74, 6) is 0.701. The molecule has 1 fully saturated rings. The molecule has 1 saturated carbocycles. The molecule has 4 nitrogen and oxygen atoms in total. The van der Waals surface area contributed by atoms with E-state index in [-0.39, 0.29) is 5.56 Å². The van der Waals surface area contributed by atoms with Crippen LogP contribution in [0.4, 0.5) is 5.82 Å². The average Bonchev–Trinajstić information content (AvgIpc) is 2.38. The van der Waals surface area contributed by atoms with E-state index < -0.39 is 5.97 Å². The lowest BCUT2D eigenvalue weighted by Gasteiger charge is -2.34. The zero-order chi connectivity index (χ0) is 13.1. The van der Waals surface area contributed by atoms with Crippen molar-refractivity contribution in [2.45, 2.75) is 38.6 Å². The highest BCUT2D eigenvalue weighted by Gasteiger charge is 2.23. The number of carbonyl (C=O) groups is 1. The van der Waals surface area contributed by atoms with Crippen LogP contribution in [0.3, 0.4) is 0 Å². The summed E-state index contributed by atoms with van der Waals surface area (Å²) >= 11 is 0. The predicted molar refractivity (Wildman–Crippen MR) is 71.0 cm³/mol. The number of rotatable bonds is 3. The minimum absolute atomic E-state index is 0.240. The van der Waals surface area contributed by atoms with Gasteiger partial charge in [0, 0.05) is 19.3 Å². The van der Waals surface area contributed by atoms with Gasteiger partial charge in [-0.2, -0.15) is 0 Å². The minimum Gasteiger partial charge on any atom is -0.478 e. The Morgan fingerprint density at radius 2 is 2.22 bits per heavy atom. The summed E-state index contributed by atoms with van der Waals surface area (Å²) in [4.78, 5) is 17.2.